The molecule has 1 aromatic carbocycles. The van der Waals surface area contributed by atoms with Crippen LogP contribution in [-0.4, -0.2) is 48.6 Å². The summed E-state index contributed by atoms with van der Waals surface area (Å²) in [6.07, 6.45) is -0.726. The molecule has 0 aliphatic heterocycles. The lowest BCUT2D eigenvalue weighted by molar-refractivity contribution is -0.158. The molecule has 13 heteroatoms. The van der Waals surface area contributed by atoms with Crippen LogP contribution in [0, 0.1) is 28.6 Å². The molecule has 3 aromatic heterocycles. The van der Waals surface area contributed by atoms with Gasteiger partial charge in [0.25, 0.3) is 5.91 Å². The first-order chi connectivity index (χ1) is 19.4. The number of nitrogens with zero attached hydrogens (tertiary/aromatic N) is 7. The Bertz CT molecular complexity index is 1750. The largest absolute Gasteiger partial charge is 0.417 e. The highest BCUT2D eigenvalue weighted by Gasteiger charge is 2.61. The topological polar surface area (TPSA) is 134 Å². The molecule has 41 heavy (non-hydrogen) atoms. The van der Waals surface area contributed by atoms with Crippen LogP contribution in [0.3, 0.4) is 0 Å². The SMILES string of the molecule is CN(C(=O)C12CC(C1)[C@@H](C#N)C2)N(Cc1ccc(C(F)(F)F)cn1)C(=O)c1ccc2nc(N)c3cnn(C)c3c2c1. The number of hydrazine groups is 1. The molecule has 3 aliphatic carbocycles. The zero-order valence-electron chi connectivity index (χ0n) is 22.2. The zero-order valence-corrected chi connectivity index (χ0v) is 22.2. The number of halogens is 3. The summed E-state index contributed by atoms with van der Waals surface area (Å²) < 4.78 is 41.0. The van der Waals surface area contributed by atoms with Crippen molar-refractivity contribution in [2.24, 2.45) is 24.3 Å². The van der Waals surface area contributed by atoms with Gasteiger partial charge in [-0.25, -0.2) is 9.99 Å². The maximum Gasteiger partial charge on any atom is 0.417 e. The van der Waals surface area contributed by atoms with E-state index in [0.29, 0.717) is 53.1 Å². The molecule has 2 bridgehead atoms. The summed E-state index contributed by atoms with van der Waals surface area (Å²) in [6.45, 7) is -0.250. The number of pyridine rings is 2. The second-order valence-corrected chi connectivity index (χ2v) is 10.9. The smallest absolute Gasteiger partial charge is 0.383 e. The van der Waals surface area contributed by atoms with Gasteiger partial charge in [0.2, 0.25) is 5.91 Å². The van der Waals surface area contributed by atoms with Gasteiger partial charge in [-0.15, -0.1) is 0 Å². The average molecular weight is 563 g/mol. The lowest BCUT2D eigenvalue weighted by Crippen LogP contribution is -2.54. The average Bonchev–Trinajstić information content (AvgIpc) is 3.62. The molecule has 4 aromatic rings. The Kier molecular flexibility index (Phi) is 5.91. The molecular formula is C28H25F3N8O2. The molecule has 3 fully saturated rings. The van der Waals surface area contributed by atoms with E-state index in [2.05, 4.69) is 21.1 Å². The summed E-state index contributed by atoms with van der Waals surface area (Å²) in [4.78, 5) is 36.2. The van der Waals surface area contributed by atoms with E-state index in [-0.39, 0.29) is 35.5 Å². The molecule has 0 radical (unpaired) electrons. The van der Waals surface area contributed by atoms with Crippen LogP contribution >= 0.6 is 0 Å². The van der Waals surface area contributed by atoms with Gasteiger partial charge in [-0.1, -0.05) is 0 Å². The summed E-state index contributed by atoms with van der Waals surface area (Å²) in [5.74, 6) is -0.630. The van der Waals surface area contributed by atoms with Crippen molar-refractivity contribution in [3.63, 3.8) is 0 Å². The summed E-state index contributed by atoms with van der Waals surface area (Å²) in [5, 5.41) is 17.4. The molecule has 3 aliphatic rings. The number of alkyl halides is 3. The predicted octanol–water partition coefficient (Wildman–Crippen LogP) is 4.07. The molecule has 2 N–H and O–H groups in total. The van der Waals surface area contributed by atoms with Gasteiger partial charge in [0.05, 0.1) is 57.8 Å². The van der Waals surface area contributed by atoms with Crippen LogP contribution in [0.25, 0.3) is 21.8 Å². The predicted molar refractivity (Wildman–Crippen MR) is 141 cm³/mol. The Morgan fingerprint density at radius 1 is 1.17 bits per heavy atom. The normalized spacial score (nSPS) is 21.5. The minimum absolute atomic E-state index is 0.153. The Morgan fingerprint density at radius 3 is 2.56 bits per heavy atom. The first kappa shape index (κ1) is 26.5. The van der Waals surface area contributed by atoms with E-state index in [1.807, 2.05) is 0 Å². The number of carbonyl (C=O) groups excluding carboxylic acids is 2. The van der Waals surface area contributed by atoms with Crippen LogP contribution in [0.15, 0.2) is 42.7 Å². The van der Waals surface area contributed by atoms with Crippen molar-refractivity contribution in [2.45, 2.75) is 32.0 Å². The number of hydrogen-bond acceptors (Lipinski definition) is 7. The summed E-state index contributed by atoms with van der Waals surface area (Å²) in [6, 6.07) is 9.19. The quantitative estimate of drug-likeness (QED) is 0.371. The molecular weight excluding hydrogens is 537 g/mol. The highest BCUT2D eigenvalue weighted by molar-refractivity contribution is 6.10. The first-order valence-electron chi connectivity index (χ1n) is 12.9. The van der Waals surface area contributed by atoms with Crippen LogP contribution in [0.5, 0.6) is 0 Å². The Hall–Kier alpha value is -4.73. The van der Waals surface area contributed by atoms with Gasteiger partial charge < -0.3 is 5.73 Å². The minimum atomic E-state index is -4.56. The molecule has 10 nitrogen and oxygen atoms in total. The molecule has 2 amide bonds. The van der Waals surface area contributed by atoms with E-state index in [4.69, 9.17) is 5.73 Å². The summed E-state index contributed by atoms with van der Waals surface area (Å²) in [7, 11) is 3.21. The highest BCUT2D eigenvalue weighted by Crippen LogP contribution is 2.62. The highest BCUT2D eigenvalue weighted by atomic mass is 19.4. The van der Waals surface area contributed by atoms with Crippen molar-refractivity contribution in [1.29, 1.82) is 5.26 Å². The van der Waals surface area contributed by atoms with E-state index in [1.54, 1.807) is 36.1 Å². The zero-order chi connectivity index (χ0) is 29.3. The van der Waals surface area contributed by atoms with Gasteiger partial charge in [0.15, 0.2) is 0 Å². The lowest BCUT2D eigenvalue weighted by atomic mass is 9.68. The maximum atomic E-state index is 14.0. The van der Waals surface area contributed by atoms with E-state index in [1.165, 1.54) is 23.1 Å². The molecule has 1 atom stereocenters. The Morgan fingerprint density at radius 2 is 1.93 bits per heavy atom. The number of hydrogen-bond donors (Lipinski definition) is 1. The number of benzene rings is 1. The molecule has 210 valence electrons. The molecule has 0 unspecified atom stereocenters. The monoisotopic (exact) mass is 562 g/mol. The molecule has 7 rings (SSSR count). The van der Waals surface area contributed by atoms with Crippen LogP contribution < -0.4 is 5.73 Å². The number of carbonyl (C=O) groups is 2. The number of rotatable bonds is 4. The van der Waals surface area contributed by atoms with Crippen molar-refractivity contribution in [3.05, 3.63) is 59.5 Å². The third kappa shape index (κ3) is 4.21. The van der Waals surface area contributed by atoms with Gasteiger partial charge in [-0.2, -0.15) is 23.5 Å². The third-order valence-electron chi connectivity index (χ3n) is 8.41. The van der Waals surface area contributed by atoms with Crippen LogP contribution in [0.4, 0.5) is 19.0 Å². The van der Waals surface area contributed by atoms with Crippen molar-refractivity contribution in [2.75, 3.05) is 12.8 Å². The van der Waals surface area contributed by atoms with E-state index >= 15 is 0 Å². The number of nitriles is 1. The first-order valence-corrected chi connectivity index (χ1v) is 12.9. The summed E-state index contributed by atoms with van der Waals surface area (Å²) >= 11 is 0. The van der Waals surface area contributed by atoms with E-state index in [9.17, 15) is 28.0 Å². The summed E-state index contributed by atoms with van der Waals surface area (Å²) in [5.41, 5.74) is 6.05. The fourth-order valence-electron chi connectivity index (χ4n) is 6.24. The number of aromatic nitrogens is 4. The number of aryl methyl sites for hydroxylation is 1. The molecule has 0 spiro atoms. The number of amides is 2. The van der Waals surface area contributed by atoms with E-state index < -0.39 is 23.1 Å². The van der Waals surface area contributed by atoms with Gasteiger partial charge >= 0.3 is 6.18 Å². The van der Waals surface area contributed by atoms with E-state index in [0.717, 1.165) is 6.07 Å². The fourth-order valence-corrected chi connectivity index (χ4v) is 6.24. The van der Waals surface area contributed by atoms with Crippen molar-refractivity contribution < 1.29 is 22.8 Å². The Labute approximate surface area is 232 Å². The molecule has 3 saturated carbocycles. The minimum Gasteiger partial charge on any atom is -0.383 e. The lowest BCUT2D eigenvalue weighted by Gasteiger charge is -2.42. The van der Waals surface area contributed by atoms with Crippen molar-refractivity contribution in [3.8, 4) is 6.07 Å². The molecule has 0 saturated heterocycles. The maximum absolute atomic E-state index is 14.0. The van der Waals surface area contributed by atoms with Crippen molar-refractivity contribution >= 4 is 39.4 Å². The third-order valence-corrected chi connectivity index (χ3v) is 8.41. The number of anilines is 1. The number of nitrogen functional groups attached to an aromatic ring is 1. The fraction of sp³-hybridized carbons (Fsp3) is 0.357. The van der Waals surface area contributed by atoms with Gasteiger partial charge in [0.1, 0.15) is 5.82 Å². The van der Waals surface area contributed by atoms with Crippen LogP contribution in [0.1, 0.15) is 40.9 Å². The van der Waals surface area contributed by atoms with Gasteiger partial charge in [0, 0.05) is 31.2 Å². The second-order valence-electron chi connectivity index (χ2n) is 10.9. The number of nitrogens with two attached hydrogens (primary N) is 1. The van der Waals surface area contributed by atoms with Gasteiger partial charge in [-0.05, 0) is 55.5 Å². The second kappa shape index (κ2) is 9.15. The number of fused-ring (bicyclic) bond motifs is 4. The Balaban J connectivity index is 1.38. The van der Waals surface area contributed by atoms with Crippen LogP contribution in [0.2, 0.25) is 0 Å². The van der Waals surface area contributed by atoms with Crippen LogP contribution in [-0.2, 0) is 24.6 Å². The standard InChI is InChI=1S/C28H25F3N8O2/c1-37-23-20-7-15(3-6-22(20)36-24(33)21(23)13-35-37)25(40)39(14-19-5-4-18(12-34-19)28(29,30)31)38(2)26(41)27-8-16(9-27)17(10-27)11-32/h3-7,12-13,16-17H,8-10,14H2,1-2H3,(H2,33,36)/t16?,17-,27?/m1/s1. The van der Waals surface area contributed by atoms with Crippen molar-refractivity contribution in [1.82, 2.24) is 29.8 Å². The van der Waals surface area contributed by atoms with Gasteiger partial charge in [-0.3, -0.25) is 24.3 Å². The molecule has 3 heterocycles.